The fourth-order valence-electron chi connectivity index (χ4n) is 2.87. The van der Waals surface area contributed by atoms with Crippen molar-refractivity contribution in [3.8, 4) is 0 Å². The topological polar surface area (TPSA) is 246 Å². The van der Waals surface area contributed by atoms with Crippen LogP contribution in [0.1, 0.15) is 31.9 Å². The number of nitrogens with two attached hydrogens (primary N) is 2. The molecule has 5 atom stereocenters. The fourth-order valence-corrected chi connectivity index (χ4v) is 2.87. The molecule has 0 saturated heterocycles. The van der Waals surface area contributed by atoms with Crippen LogP contribution in [0.25, 0.3) is 0 Å². The summed E-state index contributed by atoms with van der Waals surface area (Å²) in [6.45, 7) is 0.785. The van der Waals surface area contributed by atoms with E-state index in [1.807, 2.05) is 0 Å². The van der Waals surface area contributed by atoms with Crippen LogP contribution in [0.5, 0.6) is 0 Å². The summed E-state index contributed by atoms with van der Waals surface area (Å²) in [5.74, 6) is -3.90. The van der Waals surface area contributed by atoms with Gasteiger partial charge in [0, 0.05) is 18.3 Å². The number of hydrogen-bond acceptors (Lipinski definition) is 9. The van der Waals surface area contributed by atoms with Gasteiger partial charge in [0.1, 0.15) is 18.1 Å². The Labute approximate surface area is 190 Å². The van der Waals surface area contributed by atoms with Crippen LogP contribution < -0.4 is 27.4 Å². The van der Waals surface area contributed by atoms with Gasteiger partial charge < -0.3 is 47.7 Å². The quantitative estimate of drug-likeness (QED) is 0.113. The summed E-state index contributed by atoms with van der Waals surface area (Å²) < 4.78 is 0. The molecule has 33 heavy (non-hydrogen) atoms. The number of imidazole rings is 1. The molecule has 1 rings (SSSR count). The van der Waals surface area contributed by atoms with Gasteiger partial charge in [-0.3, -0.25) is 14.4 Å². The Morgan fingerprint density at radius 3 is 2.27 bits per heavy atom. The van der Waals surface area contributed by atoms with Crippen LogP contribution in [-0.4, -0.2) is 92.4 Å². The number of unbranched alkanes of at least 4 members (excludes halogenated alkanes) is 1. The largest absolute Gasteiger partial charge is 0.480 e. The molecule has 1 aromatic rings. The minimum Gasteiger partial charge on any atom is -0.480 e. The normalized spacial score (nSPS) is 15.5. The van der Waals surface area contributed by atoms with E-state index in [2.05, 4.69) is 25.9 Å². The van der Waals surface area contributed by atoms with Crippen molar-refractivity contribution in [2.45, 2.75) is 62.9 Å². The average molecular weight is 472 g/mol. The summed E-state index contributed by atoms with van der Waals surface area (Å²) in [6.07, 6.45) is 2.74. The molecule has 0 aliphatic heterocycles. The Hall–Kier alpha value is -3.07. The van der Waals surface area contributed by atoms with Gasteiger partial charge in [-0.25, -0.2) is 9.78 Å². The van der Waals surface area contributed by atoms with Crippen LogP contribution in [0.15, 0.2) is 12.5 Å². The number of aliphatic hydroxyl groups is 2. The number of hydrogen-bond donors (Lipinski definition) is 9. The van der Waals surface area contributed by atoms with Crippen LogP contribution in [-0.2, 0) is 25.6 Å². The first kappa shape index (κ1) is 28.0. The zero-order chi connectivity index (χ0) is 25.0. The van der Waals surface area contributed by atoms with Gasteiger partial charge in [0.25, 0.3) is 0 Å². The van der Waals surface area contributed by atoms with Gasteiger partial charge >= 0.3 is 5.97 Å². The number of amides is 3. The van der Waals surface area contributed by atoms with E-state index >= 15 is 0 Å². The van der Waals surface area contributed by atoms with Gasteiger partial charge in [0.2, 0.25) is 17.7 Å². The van der Waals surface area contributed by atoms with Crippen molar-refractivity contribution in [1.29, 1.82) is 0 Å². The lowest BCUT2D eigenvalue weighted by Crippen LogP contribution is -2.60. The first-order valence-corrected chi connectivity index (χ1v) is 10.5. The zero-order valence-electron chi connectivity index (χ0n) is 18.4. The summed E-state index contributed by atoms with van der Waals surface area (Å²) in [5.41, 5.74) is 11.8. The predicted octanol–water partition coefficient (Wildman–Crippen LogP) is -3.68. The SMILES string of the molecule is CC(O)C(NC(=O)C(CO)NC(=O)C(N)Cc1cnc[nH]1)C(=O)NC(CCCCN)C(=O)O. The molecular formula is C19H33N7O7. The minimum atomic E-state index is -1.53. The van der Waals surface area contributed by atoms with E-state index in [1.54, 1.807) is 0 Å². The van der Waals surface area contributed by atoms with Crippen molar-refractivity contribution in [3.05, 3.63) is 18.2 Å². The van der Waals surface area contributed by atoms with Crippen LogP contribution in [0, 0.1) is 0 Å². The Morgan fingerprint density at radius 2 is 1.76 bits per heavy atom. The van der Waals surface area contributed by atoms with E-state index < -0.39 is 60.6 Å². The molecule has 0 fully saturated rings. The first-order valence-electron chi connectivity index (χ1n) is 10.5. The second-order valence-electron chi connectivity index (χ2n) is 7.54. The molecule has 186 valence electrons. The van der Waals surface area contributed by atoms with Crippen molar-refractivity contribution in [1.82, 2.24) is 25.9 Å². The molecule has 14 heteroatoms. The molecule has 1 heterocycles. The number of nitrogens with zero attached hydrogens (tertiary/aromatic N) is 1. The van der Waals surface area contributed by atoms with Crippen molar-refractivity contribution in [2.75, 3.05) is 13.2 Å². The van der Waals surface area contributed by atoms with Crippen molar-refractivity contribution in [3.63, 3.8) is 0 Å². The lowest BCUT2D eigenvalue weighted by atomic mass is 10.1. The number of H-pyrrole nitrogens is 1. The molecule has 1 aromatic heterocycles. The molecule has 0 bridgehead atoms. The highest BCUT2D eigenvalue weighted by molar-refractivity contribution is 5.94. The van der Waals surface area contributed by atoms with E-state index in [0.717, 1.165) is 0 Å². The highest BCUT2D eigenvalue weighted by atomic mass is 16.4. The molecular weight excluding hydrogens is 438 g/mol. The third-order valence-corrected chi connectivity index (χ3v) is 4.77. The molecule has 0 spiro atoms. The number of carbonyl (C=O) groups is 4. The third kappa shape index (κ3) is 9.53. The second-order valence-corrected chi connectivity index (χ2v) is 7.54. The summed E-state index contributed by atoms with van der Waals surface area (Å²) in [7, 11) is 0. The average Bonchev–Trinajstić information content (AvgIpc) is 3.27. The Bertz CT molecular complexity index is 773. The van der Waals surface area contributed by atoms with Crippen molar-refractivity contribution in [2.24, 2.45) is 11.5 Å². The number of carbonyl (C=O) groups excluding carboxylic acids is 3. The lowest BCUT2D eigenvalue weighted by molar-refractivity contribution is -0.143. The van der Waals surface area contributed by atoms with Gasteiger partial charge in [-0.1, -0.05) is 0 Å². The van der Waals surface area contributed by atoms with Crippen molar-refractivity contribution >= 4 is 23.7 Å². The maximum absolute atomic E-state index is 12.5. The Morgan fingerprint density at radius 1 is 1.09 bits per heavy atom. The van der Waals surface area contributed by atoms with E-state index in [1.165, 1.54) is 19.4 Å². The number of rotatable bonds is 15. The van der Waals surface area contributed by atoms with E-state index in [4.69, 9.17) is 11.5 Å². The van der Waals surface area contributed by atoms with Crippen LogP contribution in [0.4, 0.5) is 0 Å². The molecule has 3 amide bonds. The third-order valence-electron chi connectivity index (χ3n) is 4.77. The van der Waals surface area contributed by atoms with Crippen LogP contribution in [0.3, 0.4) is 0 Å². The lowest BCUT2D eigenvalue weighted by Gasteiger charge is -2.26. The van der Waals surface area contributed by atoms with E-state index in [0.29, 0.717) is 25.1 Å². The zero-order valence-corrected chi connectivity index (χ0v) is 18.4. The maximum Gasteiger partial charge on any atom is 0.326 e. The minimum absolute atomic E-state index is 0.102. The monoisotopic (exact) mass is 471 g/mol. The molecule has 0 aromatic carbocycles. The predicted molar refractivity (Wildman–Crippen MR) is 115 cm³/mol. The summed E-state index contributed by atoms with van der Waals surface area (Å²) in [5, 5.41) is 35.5. The molecule has 14 nitrogen and oxygen atoms in total. The van der Waals surface area contributed by atoms with Gasteiger partial charge in [0.15, 0.2) is 0 Å². The highest BCUT2D eigenvalue weighted by Crippen LogP contribution is 2.04. The van der Waals surface area contributed by atoms with Gasteiger partial charge in [0.05, 0.1) is 25.1 Å². The Kier molecular flexibility index (Phi) is 12.0. The molecule has 11 N–H and O–H groups in total. The fraction of sp³-hybridized carbons (Fsp3) is 0.632. The molecule has 0 radical (unpaired) electrons. The standard InChI is InChI=1S/C19H33N7O7/c1-10(28)15(18(31)24-13(19(32)33)4-2-3-5-20)26-17(30)14(8-27)25-16(29)12(21)6-11-7-22-9-23-11/h7,9-10,12-15,27-28H,2-6,8,20-21H2,1H3,(H,22,23)(H,24,31)(H,25,29)(H,26,30)(H,32,33). The number of aliphatic hydroxyl groups excluding tert-OH is 2. The van der Waals surface area contributed by atoms with Crippen molar-refractivity contribution < 1.29 is 34.5 Å². The molecule has 0 saturated carbocycles. The van der Waals surface area contributed by atoms with Gasteiger partial charge in [-0.2, -0.15) is 0 Å². The smallest absolute Gasteiger partial charge is 0.326 e. The van der Waals surface area contributed by atoms with E-state index in [-0.39, 0.29) is 12.8 Å². The number of aromatic amines is 1. The summed E-state index contributed by atoms with van der Waals surface area (Å²) in [6, 6.07) is -5.28. The maximum atomic E-state index is 12.5. The first-order chi connectivity index (χ1) is 15.6. The number of aliphatic carboxylic acids is 1. The van der Waals surface area contributed by atoms with Crippen LogP contribution in [0.2, 0.25) is 0 Å². The second kappa shape index (κ2) is 14.2. The Balaban J connectivity index is 2.74. The molecule has 0 aliphatic rings. The van der Waals surface area contributed by atoms with Gasteiger partial charge in [-0.05, 0) is 32.7 Å². The summed E-state index contributed by atoms with van der Waals surface area (Å²) in [4.78, 5) is 55.3. The van der Waals surface area contributed by atoms with Crippen LogP contribution >= 0.6 is 0 Å². The molecule has 0 aliphatic carbocycles. The van der Waals surface area contributed by atoms with Gasteiger partial charge in [-0.15, -0.1) is 0 Å². The van der Waals surface area contributed by atoms with E-state index in [9.17, 15) is 34.5 Å². The summed E-state index contributed by atoms with van der Waals surface area (Å²) >= 11 is 0. The number of nitrogens with one attached hydrogen (secondary N) is 4. The highest BCUT2D eigenvalue weighted by Gasteiger charge is 2.32. The number of aromatic nitrogens is 2. The number of carboxylic acids is 1. The number of carboxylic acid groups (broad SMARTS) is 1. The molecule has 5 unspecified atom stereocenters.